The van der Waals surface area contributed by atoms with Gasteiger partial charge in [-0.1, -0.05) is 60.8 Å². The van der Waals surface area contributed by atoms with Gasteiger partial charge in [0.25, 0.3) is 0 Å². The molecule has 3 fully saturated rings. The molecule has 0 N–H and O–H groups in total. The minimum absolute atomic E-state index is 0.493. The van der Waals surface area contributed by atoms with Crippen LogP contribution < -0.4 is 0 Å². The summed E-state index contributed by atoms with van der Waals surface area (Å²) in [5, 5.41) is 0. The predicted octanol–water partition coefficient (Wildman–Crippen LogP) is 8.11. The van der Waals surface area contributed by atoms with Crippen LogP contribution in [0.4, 0.5) is 0 Å². The van der Waals surface area contributed by atoms with E-state index in [0.717, 1.165) is 48.3 Å². The first kappa shape index (κ1) is 21.3. The Labute approximate surface area is 170 Å². The van der Waals surface area contributed by atoms with Crippen LogP contribution in [0.5, 0.6) is 0 Å². The van der Waals surface area contributed by atoms with Gasteiger partial charge in [0.1, 0.15) is 0 Å². The molecule has 0 heterocycles. The Hall–Kier alpha value is -0.440. The smallest absolute Gasteiger partial charge is 0.0125 e. The van der Waals surface area contributed by atoms with Crippen LogP contribution in [-0.2, 0) is 0 Å². The molecule has 6 atom stereocenters. The Morgan fingerprint density at radius 1 is 1.00 bits per heavy atom. The van der Waals surface area contributed by atoms with Gasteiger partial charge in [-0.05, 0) is 84.9 Å². The van der Waals surface area contributed by atoms with Gasteiger partial charge in [0.2, 0.25) is 0 Å². The molecule has 0 aromatic rings. The van der Waals surface area contributed by atoms with Crippen LogP contribution in [-0.4, -0.2) is 0 Å². The second kappa shape index (κ2) is 8.51. The Morgan fingerprint density at radius 3 is 2.19 bits per heavy atom. The first-order valence-corrected chi connectivity index (χ1v) is 12.3. The van der Waals surface area contributed by atoms with E-state index < -0.39 is 0 Å². The fourth-order valence-corrected chi connectivity index (χ4v) is 7.09. The lowest BCUT2D eigenvalue weighted by atomic mass is 9.48. The van der Waals surface area contributed by atoms with Crippen molar-refractivity contribution in [2.75, 3.05) is 0 Å². The summed E-state index contributed by atoms with van der Waals surface area (Å²) >= 11 is 0. The highest BCUT2D eigenvalue weighted by Crippen LogP contribution is 2.61. The summed E-state index contributed by atoms with van der Waals surface area (Å²) in [6, 6.07) is 0. The van der Waals surface area contributed by atoms with E-state index in [9.17, 15) is 0 Å². The van der Waals surface area contributed by atoms with Crippen molar-refractivity contribution in [3.63, 3.8) is 0 Å². The maximum atomic E-state index is 3.62. The van der Waals surface area contributed by atoms with Gasteiger partial charge in [-0.15, -0.1) is 11.8 Å². The zero-order valence-electron chi connectivity index (χ0n) is 19.2. The van der Waals surface area contributed by atoms with Crippen molar-refractivity contribution in [1.82, 2.24) is 0 Å². The van der Waals surface area contributed by atoms with Gasteiger partial charge in [-0.25, -0.2) is 0 Å². The summed E-state index contributed by atoms with van der Waals surface area (Å²) in [5.41, 5.74) is 1.13. The molecule has 0 heteroatoms. The molecule has 0 aliphatic heterocycles. The number of hydrogen-bond acceptors (Lipinski definition) is 0. The normalized spacial score (nSPS) is 39.2. The van der Waals surface area contributed by atoms with Crippen LogP contribution in [0.3, 0.4) is 0 Å². The zero-order chi connectivity index (χ0) is 19.7. The molecule has 154 valence electrons. The third-order valence-electron chi connectivity index (χ3n) is 9.45. The molecule has 0 saturated heterocycles. The van der Waals surface area contributed by atoms with E-state index >= 15 is 0 Å². The summed E-state index contributed by atoms with van der Waals surface area (Å²) in [6.07, 6.45) is 15.2. The molecule has 6 unspecified atom stereocenters. The van der Waals surface area contributed by atoms with Crippen molar-refractivity contribution in [3.05, 3.63) is 0 Å². The summed E-state index contributed by atoms with van der Waals surface area (Å²) in [4.78, 5) is 0. The van der Waals surface area contributed by atoms with E-state index in [1.54, 1.807) is 0 Å². The third-order valence-corrected chi connectivity index (χ3v) is 9.45. The number of rotatable bonds is 7. The Balaban J connectivity index is 1.92. The van der Waals surface area contributed by atoms with Crippen LogP contribution in [0.1, 0.15) is 112 Å². The van der Waals surface area contributed by atoms with Gasteiger partial charge in [0.05, 0.1) is 0 Å². The van der Waals surface area contributed by atoms with Crippen molar-refractivity contribution < 1.29 is 0 Å². The summed E-state index contributed by atoms with van der Waals surface area (Å²) < 4.78 is 0. The van der Waals surface area contributed by atoms with Crippen LogP contribution >= 0.6 is 0 Å². The quantitative estimate of drug-likeness (QED) is 0.397. The third kappa shape index (κ3) is 4.43. The van der Waals surface area contributed by atoms with Gasteiger partial charge < -0.3 is 0 Å². The lowest BCUT2D eigenvalue weighted by Gasteiger charge is -2.57. The average Bonchev–Trinajstić information content (AvgIpc) is 3.47. The highest BCUT2D eigenvalue weighted by atomic mass is 14.6. The molecule has 0 bridgehead atoms. The standard InChI is InChI=1S/C27H46/c1-7-10-11-13-25-24(18-26(5)16-12-17-26)22(8-2)23(19-27(25,6)9-3)20(4)21-14-15-21/h20-25H,7-9,12-19H2,1-6H3. The maximum Gasteiger partial charge on any atom is 0.0125 e. The molecule has 3 aliphatic rings. The Morgan fingerprint density at radius 2 is 1.70 bits per heavy atom. The molecule has 0 amide bonds. The topological polar surface area (TPSA) is 0 Å². The molecule has 0 aromatic carbocycles. The molecule has 27 heavy (non-hydrogen) atoms. The van der Waals surface area contributed by atoms with Crippen LogP contribution in [0.2, 0.25) is 0 Å². The van der Waals surface area contributed by atoms with Crippen LogP contribution in [0, 0.1) is 58.2 Å². The van der Waals surface area contributed by atoms with E-state index in [1.165, 1.54) is 57.8 Å². The van der Waals surface area contributed by atoms with Crippen LogP contribution in [0.25, 0.3) is 0 Å². The molecule has 0 radical (unpaired) electrons. The molecule has 3 rings (SSSR count). The largest absolute Gasteiger partial charge is 0.104 e. The maximum absolute atomic E-state index is 3.62. The van der Waals surface area contributed by atoms with Crippen molar-refractivity contribution in [3.8, 4) is 11.8 Å². The fraction of sp³-hybridized carbons (Fsp3) is 0.926. The van der Waals surface area contributed by atoms with Crippen molar-refractivity contribution in [2.45, 2.75) is 112 Å². The SMILES string of the molecule is CCC#CCC1C(CC2(C)CCC2)C(CC)C(C(C)C2CC2)CC1(C)CC. The molecule has 0 aromatic heterocycles. The molecule has 0 spiro atoms. The van der Waals surface area contributed by atoms with E-state index in [4.69, 9.17) is 0 Å². The molecule has 3 aliphatic carbocycles. The second-order valence-corrected chi connectivity index (χ2v) is 11.2. The van der Waals surface area contributed by atoms with Crippen molar-refractivity contribution in [1.29, 1.82) is 0 Å². The summed E-state index contributed by atoms with van der Waals surface area (Å²) in [7, 11) is 0. The monoisotopic (exact) mass is 370 g/mol. The lowest BCUT2D eigenvalue weighted by Crippen LogP contribution is -2.49. The molecule has 0 nitrogen and oxygen atoms in total. The van der Waals surface area contributed by atoms with Gasteiger partial charge in [0, 0.05) is 12.8 Å². The Kier molecular flexibility index (Phi) is 6.71. The van der Waals surface area contributed by atoms with Gasteiger partial charge in [-0.3, -0.25) is 0 Å². The minimum atomic E-state index is 0.493. The van der Waals surface area contributed by atoms with E-state index in [0.29, 0.717) is 10.8 Å². The highest BCUT2D eigenvalue weighted by Gasteiger charge is 2.53. The summed E-state index contributed by atoms with van der Waals surface area (Å²) in [6.45, 7) is 15.0. The van der Waals surface area contributed by atoms with Crippen LogP contribution in [0.15, 0.2) is 0 Å². The lowest BCUT2D eigenvalue weighted by molar-refractivity contribution is -0.0759. The van der Waals surface area contributed by atoms with Crippen molar-refractivity contribution >= 4 is 0 Å². The van der Waals surface area contributed by atoms with E-state index in [2.05, 4.69) is 53.4 Å². The van der Waals surface area contributed by atoms with Gasteiger partial charge >= 0.3 is 0 Å². The predicted molar refractivity (Wildman–Crippen MR) is 118 cm³/mol. The summed E-state index contributed by atoms with van der Waals surface area (Å²) in [5.74, 6) is 12.6. The van der Waals surface area contributed by atoms with E-state index in [-0.39, 0.29) is 0 Å². The fourth-order valence-electron chi connectivity index (χ4n) is 7.09. The highest BCUT2D eigenvalue weighted by molar-refractivity contribution is 5.08. The molecule has 3 saturated carbocycles. The van der Waals surface area contributed by atoms with E-state index in [1.807, 2.05) is 0 Å². The Bertz CT molecular complexity index is 540. The van der Waals surface area contributed by atoms with Gasteiger partial charge in [0.15, 0.2) is 0 Å². The molecular formula is C27H46. The average molecular weight is 371 g/mol. The minimum Gasteiger partial charge on any atom is -0.104 e. The van der Waals surface area contributed by atoms with Crippen molar-refractivity contribution in [2.24, 2.45) is 46.3 Å². The number of hydrogen-bond donors (Lipinski definition) is 0. The zero-order valence-corrected chi connectivity index (χ0v) is 19.2. The van der Waals surface area contributed by atoms with Gasteiger partial charge in [-0.2, -0.15) is 0 Å². The second-order valence-electron chi connectivity index (χ2n) is 11.2. The first-order chi connectivity index (χ1) is 12.9. The molecular weight excluding hydrogens is 324 g/mol. The first-order valence-electron chi connectivity index (χ1n) is 12.3.